The Morgan fingerprint density at radius 2 is 1.89 bits per heavy atom. The summed E-state index contributed by atoms with van der Waals surface area (Å²) in [5.41, 5.74) is 0.935. The van der Waals surface area contributed by atoms with Gasteiger partial charge in [-0.05, 0) is 42.7 Å². The summed E-state index contributed by atoms with van der Waals surface area (Å²) in [5, 5.41) is 12.1. The summed E-state index contributed by atoms with van der Waals surface area (Å²) >= 11 is 0. The van der Waals surface area contributed by atoms with Crippen molar-refractivity contribution in [3.05, 3.63) is 69.6 Å². The number of pyridine rings is 2. The van der Waals surface area contributed by atoms with Gasteiger partial charge < -0.3 is 24.1 Å². The number of sulfonamides is 1. The fourth-order valence-corrected chi connectivity index (χ4v) is 5.18. The second kappa shape index (κ2) is 10.5. The maximum Gasteiger partial charge on any atom is 0.398 e. The van der Waals surface area contributed by atoms with E-state index in [9.17, 15) is 18.0 Å². The summed E-state index contributed by atoms with van der Waals surface area (Å²) in [4.78, 5) is 30.1. The number of benzene rings is 1. The van der Waals surface area contributed by atoms with Gasteiger partial charge in [0.2, 0.25) is 5.88 Å². The summed E-state index contributed by atoms with van der Waals surface area (Å²) in [5.74, 6) is -0.514. The Bertz CT molecular complexity index is 1610. The lowest BCUT2D eigenvalue weighted by molar-refractivity contribution is 0.0949. The van der Waals surface area contributed by atoms with Gasteiger partial charge in [-0.25, -0.2) is 13.4 Å². The molecule has 2 heterocycles. The minimum atomic E-state index is -4.02. The number of carbonyl (C=O) groups excluding carboxylic acids is 1. The first-order valence-corrected chi connectivity index (χ1v) is 12.9. The predicted molar refractivity (Wildman–Crippen MR) is 137 cm³/mol. The molecule has 4 rings (SSSR count). The monoisotopic (exact) mass is 539 g/mol. The molecule has 1 amide bonds. The molecule has 13 heteroatoms. The lowest BCUT2D eigenvalue weighted by atomic mass is 10.1. The highest BCUT2D eigenvalue weighted by Crippen LogP contribution is 2.45. The number of amides is 1. The van der Waals surface area contributed by atoms with E-state index in [4.69, 9.17) is 19.5 Å². The number of aryl methyl sites for hydroxylation is 1. The first kappa shape index (κ1) is 26.6. The number of nitriles is 1. The minimum absolute atomic E-state index is 0.0517. The topological polar surface area (TPSA) is 162 Å². The number of nitrogens with one attached hydrogen (secondary N) is 1. The van der Waals surface area contributed by atoms with Gasteiger partial charge in [0, 0.05) is 25.2 Å². The zero-order chi connectivity index (χ0) is 27.5. The molecule has 1 fully saturated rings. The highest BCUT2D eigenvalue weighted by Gasteiger charge is 2.56. The van der Waals surface area contributed by atoms with Crippen molar-refractivity contribution in [2.75, 3.05) is 20.8 Å². The molecular weight excluding hydrogens is 514 g/mol. The van der Waals surface area contributed by atoms with Crippen molar-refractivity contribution in [1.82, 2.24) is 14.9 Å². The molecule has 1 saturated carbocycles. The molecule has 0 spiro atoms. The fourth-order valence-electron chi connectivity index (χ4n) is 3.81. The molecule has 0 bridgehead atoms. The average molecular weight is 540 g/mol. The maximum atomic E-state index is 13.1. The van der Waals surface area contributed by atoms with Gasteiger partial charge in [-0.1, -0.05) is 16.5 Å². The quantitative estimate of drug-likeness (QED) is 0.331. The van der Waals surface area contributed by atoms with Crippen LogP contribution in [0.4, 0.5) is 0 Å². The van der Waals surface area contributed by atoms with Crippen LogP contribution in [0.3, 0.4) is 0 Å². The van der Waals surface area contributed by atoms with Gasteiger partial charge >= 0.3 is 6.08 Å². The van der Waals surface area contributed by atoms with Crippen LogP contribution in [0.15, 0.2) is 51.8 Å². The zero-order valence-electron chi connectivity index (χ0n) is 20.9. The summed E-state index contributed by atoms with van der Waals surface area (Å²) in [6, 6.07) is 11.8. The van der Waals surface area contributed by atoms with Crippen molar-refractivity contribution >= 4 is 32.9 Å². The summed E-state index contributed by atoms with van der Waals surface area (Å²) in [7, 11) is -0.0450. The zero-order valence-corrected chi connectivity index (χ0v) is 21.7. The molecule has 1 aliphatic carbocycles. The standard InChI is InChI=1S/C25H25N5O7S/c1-30-20-18(12-19(23(30)32)21(31)28-14-17-6-4-16(13-26)5-7-17)8-11-27-22(20)37-15-25(9-10-25)38(33,34)29-24(35-2)36-3/h4-8,11-12H,9-10,14-15H2,1-3H3,(H,28,31). The molecule has 0 aliphatic heterocycles. The van der Waals surface area contributed by atoms with E-state index in [1.165, 1.54) is 38.1 Å². The molecular formula is C25H25N5O7S. The number of carbonyl (C=O) groups is 1. The van der Waals surface area contributed by atoms with Crippen molar-refractivity contribution in [3.63, 3.8) is 0 Å². The number of methoxy groups -OCH3 is 2. The van der Waals surface area contributed by atoms with Gasteiger partial charge in [0.1, 0.15) is 22.4 Å². The van der Waals surface area contributed by atoms with Gasteiger partial charge in [-0.3, -0.25) is 9.59 Å². The SMILES string of the molecule is COC(=NS(=O)(=O)C1(COc2nccc3cc(C(=O)NCc4ccc(C#N)cc4)c(=O)n(C)c23)CC1)OC. The Hall–Kier alpha value is -4.44. The molecule has 1 N–H and O–H groups in total. The molecule has 1 aromatic carbocycles. The van der Waals surface area contributed by atoms with Crippen LogP contribution in [0.2, 0.25) is 0 Å². The first-order chi connectivity index (χ1) is 18.1. The van der Waals surface area contributed by atoms with Crippen molar-refractivity contribution in [1.29, 1.82) is 5.26 Å². The van der Waals surface area contributed by atoms with Gasteiger partial charge in [0.05, 0.1) is 25.9 Å². The number of ether oxygens (including phenoxy) is 3. The van der Waals surface area contributed by atoms with Gasteiger partial charge in [0.25, 0.3) is 21.5 Å². The number of rotatable bonds is 8. The summed E-state index contributed by atoms with van der Waals surface area (Å²) in [6.45, 7) is -0.0734. The van der Waals surface area contributed by atoms with Crippen molar-refractivity contribution < 1.29 is 27.4 Å². The molecule has 0 radical (unpaired) electrons. The molecule has 3 aromatic rings. The Labute approximate surface area is 218 Å². The first-order valence-electron chi connectivity index (χ1n) is 11.5. The smallest absolute Gasteiger partial charge is 0.398 e. The largest absolute Gasteiger partial charge is 0.474 e. The normalized spacial score (nSPS) is 13.7. The second-order valence-electron chi connectivity index (χ2n) is 8.68. The Balaban J connectivity index is 1.56. The number of nitrogens with zero attached hydrogens (tertiary/aromatic N) is 4. The van der Waals surface area contributed by atoms with Gasteiger partial charge in [-0.2, -0.15) is 5.26 Å². The predicted octanol–water partition coefficient (Wildman–Crippen LogP) is 1.63. The Morgan fingerprint density at radius 3 is 2.50 bits per heavy atom. The Kier molecular flexibility index (Phi) is 7.36. The third kappa shape index (κ3) is 5.16. The number of fused-ring (bicyclic) bond motifs is 1. The van der Waals surface area contributed by atoms with Gasteiger partial charge in [0.15, 0.2) is 0 Å². The molecule has 0 atom stereocenters. The fraction of sp³-hybridized carbons (Fsp3) is 0.320. The molecule has 0 saturated heterocycles. The average Bonchev–Trinajstić information content (AvgIpc) is 3.73. The molecule has 198 valence electrons. The number of hydrogen-bond donors (Lipinski definition) is 1. The number of hydrogen-bond acceptors (Lipinski definition) is 9. The highest BCUT2D eigenvalue weighted by molar-refractivity contribution is 7.92. The molecule has 38 heavy (non-hydrogen) atoms. The van der Waals surface area contributed by atoms with E-state index in [0.29, 0.717) is 29.3 Å². The molecule has 2 aromatic heterocycles. The van der Waals surface area contributed by atoms with E-state index in [0.717, 1.165) is 5.56 Å². The van der Waals surface area contributed by atoms with E-state index in [1.54, 1.807) is 30.3 Å². The van der Waals surface area contributed by atoms with Crippen LogP contribution in [0, 0.1) is 11.3 Å². The summed E-state index contributed by atoms with van der Waals surface area (Å²) in [6.07, 6.45) is 1.72. The van der Waals surface area contributed by atoms with Crippen molar-refractivity contribution in [2.45, 2.75) is 24.1 Å². The van der Waals surface area contributed by atoms with Crippen LogP contribution >= 0.6 is 0 Å². The van der Waals surface area contributed by atoms with Crippen LogP contribution in [-0.4, -0.2) is 55.5 Å². The van der Waals surface area contributed by atoms with E-state index in [1.807, 2.05) is 6.07 Å². The molecule has 0 unspecified atom stereocenters. The summed E-state index contributed by atoms with van der Waals surface area (Å²) < 4.78 is 44.6. The van der Waals surface area contributed by atoms with Crippen molar-refractivity contribution in [2.24, 2.45) is 11.4 Å². The highest BCUT2D eigenvalue weighted by atomic mass is 32.2. The Morgan fingerprint density at radius 1 is 1.21 bits per heavy atom. The second-order valence-corrected chi connectivity index (χ2v) is 10.7. The van der Waals surface area contributed by atoms with Crippen molar-refractivity contribution in [3.8, 4) is 11.9 Å². The van der Waals surface area contributed by atoms with Crippen LogP contribution < -0.4 is 15.6 Å². The maximum absolute atomic E-state index is 13.1. The number of aromatic nitrogens is 2. The lowest BCUT2D eigenvalue weighted by Gasteiger charge is -2.16. The van der Waals surface area contributed by atoms with E-state index in [-0.39, 0.29) is 30.7 Å². The van der Waals surface area contributed by atoms with E-state index >= 15 is 0 Å². The van der Waals surface area contributed by atoms with Crippen LogP contribution in [0.1, 0.15) is 34.3 Å². The van der Waals surface area contributed by atoms with E-state index < -0.39 is 26.2 Å². The molecule has 12 nitrogen and oxygen atoms in total. The minimum Gasteiger partial charge on any atom is -0.474 e. The molecule has 1 aliphatic rings. The van der Waals surface area contributed by atoms with E-state index in [2.05, 4.69) is 14.7 Å². The third-order valence-electron chi connectivity index (χ3n) is 6.24. The lowest BCUT2D eigenvalue weighted by Crippen LogP contribution is -2.32. The van der Waals surface area contributed by atoms with Crippen LogP contribution in [0.5, 0.6) is 5.88 Å². The third-order valence-corrected chi connectivity index (χ3v) is 8.25. The van der Waals surface area contributed by atoms with Gasteiger partial charge in [-0.15, -0.1) is 0 Å². The van der Waals surface area contributed by atoms with Crippen LogP contribution in [-0.2, 0) is 33.1 Å². The van der Waals surface area contributed by atoms with Crippen LogP contribution in [0.25, 0.3) is 10.9 Å².